The molecule has 0 spiro atoms. The number of carbonyl (C=O) groups is 2. The fraction of sp³-hybridized carbons (Fsp3) is 0.375. The monoisotopic (exact) mass is 308 g/mol. The van der Waals surface area contributed by atoms with Crippen LogP contribution in [0.5, 0.6) is 0 Å². The van der Waals surface area contributed by atoms with Crippen molar-refractivity contribution in [2.24, 2.45) is 5.92 Å². The van der Waals surface area contributed by atoms with Crippen molar-refractivity contribution in [3.63, 3.8) is 0 Å². The topological polar surface area (TPSA) is 63.6 Å². The zero-order valence-corrected chi connectivity index (χ0v) is 12.5. The Morgan fingerprint density at radius 3 is 2.52 bits per heavy atom. The fourth-order valence-corrected chi connectivity index (χ4v) is 2.59. The molecule has 1 heterocycles. The van der Waals surface area contributed by atoms with Gasteiger partial charge in [0, 0.05) is 0 Å². The smallest absolute Gasteiger partial charge is 0.333 e. The van der Waals surface area contributed by atoms with E-state index < -0.39 is 11.9 Å². The molecule has 2 rings (SSSR count). The van der Waals surface area contributed by atoms with Crippen LogP contribution >= 0.6 is 11.6 Å². The summed E-state index contributed by atoms with van der Waals surface area (Å²) in [6.07, 6.45) is 1.54. The molecule has 1 aliphatic rings. The molecule has 1 saturated heterocycles. The Bertz CT molecular complexity index is 574. The molecule has 1 aromatic carbocycles. The maximum atomic E-state index is 11.5. The quantitative estimate of drug-likeness (QED) is 0.670. The van der Waals surface area contributed by atoms with E-state index in [0.29, 0.717) is 18.6 Å². The molecule has 1 fully saturated rings. The summed E-state index contributed by atoms with van der Waals surface area (Å²) >= 11 is 6.24. The van der Waals surface area contributed by atoms with E-state index in [4.69, 9.17) is 16.3 Å². The summed E-state index contributed by atoms with van der Waals surface area (Å²) in [5.74, 6) is -1.86. The molecule has 1 atom stereocenters. The molecule has 1 N–H and O–H groups in total. The van der Waals surface area contributed by atoms with Crippen LogP contribution in [0.15, 0.2) is 29.8 Å². The molecule has 1 aliphatic heterocycles. The van der Waals surface area contributed by atoms with Crippen LogP contribution in [0.1, 0.15) is 30.9 Å². The number of rotatable bonds is 5. The van der Waals surface area contributed by atoms with Crippen molar-refractivity contribution in [2.45, 2.75) is 26.2 Å². The number of esters is 1. The van der Waals surface area contributed by atoms with Crippen LogP contribution in [0, 0.1) is 5.92 Å². The van der Waals surface area contributed by atoms with Crippen LogP contribution in [-0.4, -0.2) is 23.7 Å². The van der Waals surface area contributed by atoms with Gasteiger partial charge in [-0.05, 0) is 30.4 Å². The predicted molar refractivity (Wildman–Crippen MR) is 79.9 cm³/mol. The first kappa shape index (κ1) is 15.6. The van der Waals surface area contributed by atoms with E-state index in [1.807, 2.05) is 19.1 Å². The molecule has 0 saturated carbocycles. The SMILES string of the molecule is CCc1ccc(/C(Cl)=C(/CC2CCOC2=O)C(=O)O)cc1. The van der Waals surface area contributed by atoms with Gasteiger partial charge in [0.15, 0.2) is 0 Å². The third-order valence-electron chi connectivity index (χ3n) is 3.63. The van der Waals surface area contributed by atoms with Crippen molar-refractivity contribution in [1.82, 2.24) is 0 Å². The van der Waals surface area contributed by atoms with Gasteiger partial charge in [-0.25, -0.2) is 4.79 Å². The molecule has 4 nitrogen and oxygen atoms in total. The summed E-state index contributed by atoms with van der Waals surface area (Å²) in [4.78, 5) is 22.9. The number of benzene rings is 1. The largest absolute Gasteiger partial charge is 0.478 e. The number of carboxylic acids is 1. The van der Waals surface area contributed by atoms with E-state index >= 15 is 0 Å². The van der Waals surface area contributed by atoms with Crippen molar-refractivity contribution in [3.05, 3.63) is 41.0 Å². The highest BCUT2D eigenvalue weighted by Gasteiger charge is 2.30. The number of hydrogen-bond acceptors (Lipinski definition) is 3. The van der Waals surface area contributed by atoms with Crippen molar-refractivity contribution < 1.29 is 19.4 Å². The molecular formula is C16H17ClO4. The van der Waals surface area contributed by atoms with E-state index in [1.165, 1.54) is 0 Å². The lowest BCUT2D eigenvalue weighted by atomic mass is 9.96. The highest BCUT2D eigenvalue weighted by Crippen LogP contribution is 2.30. The van der Waals surface area contributed by atoms with E-state index in [1.54, 1.807) is 12.1 Å². The number of aryl methyl sites for hydroxylation is 1. The zero-order valence-electron chi connectivity index (χ0n) is 11.8. The highest BCUT2D eigenvalue weighted by atomic mass is 35.5. The number of hydrogen-bond donors (Lipinski definition) is 1. The number of ether oxygens (including phenoxy) is 1. The van der Waals surface area contributed by atoms with Gasteiger partial charge in [0.05, 0.1) is 23.1 Å². The minimum Gasteiger partial charge on any atom is -0.478 e. The Morgan fingerprint density at radius 1 is 1.38 bits per heavy atom. The van der Waals surface area contributed by atoms with Gasteiger partial charge in [0.2, 0.25) is 0 Å². The molecule has 0 aromatic heterocycles. The molecule has 0 aliphatic carbocycles. The summed E-state index contributed by atoms with van der Waals surface area (Å²) in [7, 11) is 0. The van der Waals surface area contributed by atoms with Crippen molar-refractivity contribution in [1.29, 1.82) is 0 Å². The first-order valence-electron chi connectivity index (χ1n) is 6.90. The zero-order chi connectivity index (χ0) is 15.4. The summed E-state index contributed by atoms with van der Waals surface area (Å²) < 4.78 is 4.86. The van der Waals surface area contributed by atoms with Gasteiger partial charge in [-0.2, -0.15) is 0 Å². The average molecular weight is 309 g/mol. The van der Waals surface area contributed by atoms with Crippen LogP contribution in [0.4, 0.5) is 0 Å². The first-order chi connectivity index (χ1) is 10.0. The Balaban J connectivity index is 2.28. The van der Waals surface area contributed by atoms with E-state index in [0.717, 1.165) is 12.0 Å². The van der Waals surface area contributed by atoms with E-state index in [-0.39, 0.29) is 23.0 Å². The molecular weight excluding hydrogens is 292 g/mol. The summed E-state index contributed by atoms with van der Waals surface area (Å²) in [6.45, 7) is 2.39. The Hall–Kier alpha value is -1.81. The van der Waals surface area contributed by atoms with E-state index in [9.17, 15) is 14.7 Å². The molecule has 21 heavy (non-hydrogen) atoms. The number of carboxylic acid groups (broad SMARTS) is 1. The second kappa shape index (κ2) is 6.76. The number of aliphatic carboxylic acids is 1. The first-order valence-corrected chi connectivity index (χ1v) is 7.28. The van der Waals surface area contributed by atoms with Gasteiger partial charge < -0.3 is 9.84 Å². The maximum absolute atomic E-state index is 11.5. The van der Waals surface area contributed by atoms with Crippen molar-refractivity contribution in [3.8, 4) is 0 Å². The number of halogens is 1. The highest BCUT2D eigenvalue weighted by molar-refractivity contribution is 6.50. The predicted octanol–water partition coefficient (Wildman–Crippen LogP) is 3.24. The maximum Gasteiger partial charge on any atom is 0.333 e. The fourth-order valence-electron chi connectivity index (χ4n) is 2.30. The summed E-state index contributed by atoms with van der Waals surface area (Å²) in [6, 6.07) is 7.44. The van der Waals surface area contributed by atoms with Crippen LogP contribution < -0.4 is 0 Å². The molecule has 0 bridgehead atoms. The average Bonchev–Trinajstić information content (AvgIpc) is 2.89. The van der Waals surface area contributed by atoms with Crippen LogP contribution in [-0.2, 0) is 20.7 Å². The lowest BCUT2D eigenvalue weighted by molar-refractivity contribution is -0.141. The molecule has 0 amide bonds. The third kappa shape index (κ3) is 3.64. The van der Waals surface area contributed by atoms with Crippen LogP contribution in [0.25, 0.3) is 5.03 Å². The van der Waals surface area contributed by atoms with Gasteiger partial charge in [0.25, 0.3) is 0 Å². The molecule has 112 valence electrons. The lowest BCUT2D eigenvalue weighted by Gasteiger charge is -2.10. The Labute approximate surface area is 128 Å². The van der Waals surface area contributed by atoms with Gasteiger partial charge in [0.1, 0.15) is 0 Å². The Morgan fingerprint density at radius 2 is 2.05 bits per heavy atom. The van der Waals surface area contributed by atoms with Crippen LogP contribution in [0.3, 0.4) is 0 Å². The minimum atomic E-state index is -1.10. The molecule has 1 unspecified atom stereocenters. The van der Waals surface area contributed by atoms with Gasteiger partial charge in [-0.15, -0.1) is 0 Å². The molecule has 1 aromatic rings. The summed E-state index contributed by atoms with van der Waals surface area (Å²) in [5.41, 5.74) is 1.86. The molecule has 5 heteroatoms. The van der Waals surface area contributed by atoms with E-state index in [2.05, 4.69) is 0 Å². The Kier molecular flexibility index (Phi) is 5.02. The molecule has 0 radical (unpaired) electrons. The minimum absolute atomic E-state index is 0.0600. The van der Waals surface area contributed by atoms with Gasteiger partial charge >= 0.3 is 11.9 Å². The van der Waals surface area contributed by atoms with Gasteiger partial charge in [-0.1, -0.05) is 42.8 Å². The van der Waals surface area contributed by atoms with Crippen molar-refractivity contribution >= 4 is 28.6 Å². The second-order valence-electron chi connectivity index (χ2n) is 5.01. The van der Waals surface area contributed by atoms with Crippen molar-refractivity contribution in [2.75, 3.05) is 6.61 Å². The van der Waals surface area contributed by atoms with Crippen LogP contribution in [0.2, 0.25) is 0 Å². The number of cyclic esters (lactones) is 1. The standard InChI is InChI=1S/C16H17ClO4/c1-2-10-3-5-11(6-4-10)14(17)13(15(18)19)9-12-7-8-21-16(12)20/h3-6,12H,2,7-9H2,1H3,(H,18,19)/b14-13+. The normalized spacial score (nSPS) is 19.1. The van der Waals surface area contributed by atoms with Gasteiger partial charge in [-0.3, -0.25) is 4.79 Å². The number of carbonyl (C=O) groups excluding carboxylic acids is 1. The third-order valence-corrected chi connectivity index (χ3v) is 4.08. The lowest BCUT2D eigenvalue weighted by Crippen LogP contribution is -2.13. The summed E-state index contributed by atoms with van der Waals surface area (Å²) in [5, 5.41) is 9.54. The second-order valence-corrected chi connectivity index (χ2v) is 5.38.